The van der Waals surface area contributed by atoms with E-state index in [9.17, 15) is 19.7 Å². The Morgan fingerprint density at radius 2 is 1.95 bits per heavy atom. The van der Waals surface area contributed by atoms with Crippen LogP contribution in [0, 0.1) is 10.1 Å². The van der Waals surface area contributed by atoms with Crippen molar-refractivity contribution in [1.82, 2.24) is 10.3 Å². The van der Waals surface area contributed by atoms with Gasteiger partial charge in [0.05, 0.1) is 11.1 Å². The van der Waals surface area contributed by atoms with Gasteiger partial charge in [-0.1, -0.05) is 25.7 Å². The highest BCUT2D eigenvalue weighted by molar-refractivity contribution is 5.94. The molecule has 7 nitrogen and oxygen atoms in total. The third kappa shape index (κ3) is 3.43. The number of hydrogen-bond acceptors (Lipinski definition) is 4. The second-order valence-corrected chi connectivity index (χ2v) is 5.02. The maximum atomic E-state index is 12.1. The summed E-state index contributed by atoms with van der Waals surface area (Å²) in [6.45, 7) is 0. The first-order valence-electron chi connectivity index (χ1n) is 6.76. The molecule has 0 unspecified atom stereocenters. The number of nitrogens with one attached hydrogen (secondary N) is 2. The SMILES string of the molecule is O=C(NC1CCCCCC1)c1cc([N+](=O)[O-])c[nH]c1=O. The van der Waals surface area contributed by atoms with Gasteiger partial charge in [-0.15, -0.1) is 0 Å². The smallest absolute Gasteiger partial charge is 0.286 e. The van der Waals surface area contributed by atoms with Crippen LogP contribution in [0.15, 0.2) is 17.1 Å². The number of aromatic nitrogens is 1. The van der Waals surface area contributed by atoms with E-state index in [-0.39, 0.29) is 17.3 Å². The van der Waals surface area contributed by atoms with E-state index < -0.39 is 16.4 Å². The van der Waals surface area contributed by atoms with Gasteiger partial charge in [0.1, 0.15) is 5.56 Å². The van der Waals surface area contributed by atoms with Crippen LogP contribution in [0.3, 0.4) is 0 Å². The molecule has 1 saturated carbocycles. The van der Waals surface area contributed by atoms with E-state index in [1.165, 1.54) is 0 Å². The highest BCUT2D eigenvalue weighted by Crippen LogP contribution is 2.17. The predicted molar refractivity (Wildman–Crippen MR) is 72.7 cm³/mol. The number of aromatic amines is 1. The van der Waals surface area contributed by atoms with Crippen LogP contribution in [0.4, 0.5) is 5.69 Å². The molecule has 0 spiro atoms. The molecular formula is C13H17N3O4. The van der Waals surface area contributed by atoms with Crippen LogP contribution in [0.2, 0.25) is 0 Å². The summed E-state index contributed by atoms with van der Waals surface area (Å²) in [5, 5.41) is 13.5. The van der Waals surface area contributed by atoms with Gasteiger partial charge in [-0.05, 0) is 12.8 Å². The zero-order valence-electron chi connectivity index (χ0n) is 11.1. The second-order valence-electron chi connectivity index (χ2n) is 5.02. The van der Waals surface area contributed by atoms with Crippen molar-refractivity contribution in [3.63, 3.8) is 0 Å². The Bertz CT molecular complexity index is 559. The fraction of sp³-hybridized carbons (Fsp3) is 0.538. The van der Waals surface area contributed by atoms with Crippen molar-refractivity contribution in [2.45, 2.75) is 44.6 Å². The number of carbonyl (C=O) groups excluding carboxylic acids is 1. The van der Waals surface area contributed by atoms with Crippen molar-refractivity contribution in [3.05, 3.63) is 38.3 Å². The van der Waals surface area contributed by atoms with Gasteiger partial charge in [0.15, 0.2) is 0 Å². The Morgan fingerprint density at radius 3 is 2.55 bits per heavy atom. The summed E-state index contributed by atoms with van der Waals surface area (Å²) in [6, 6.07) is 1.06. The molecule has 2 N–H and O–H groups in total. The van der Waals surface area contributed by atoms with Gasteiger partial charge in [0.2, 0.25) is 0 Å². The third-order valence-corrected chi connectivity index (χ3v) is 3.53. The van der Waals surface area contributed by atoms with Gasteiger partial charge in [0.25, 0.3) is 17.2 Å². The van der Waals surface area contributed by atoms with E-state index in [0.29, 0.717) is 0 Å². The number of nitro groups is 1. The first-order valence-corrected chi connectivity index (χ1v) is 6.76. The van der Waals surface area contributed by atoms with Gasteiger partial charge in [0, 0.05) is 12.1 Å². The van der Waals surface area contributed by atoms with Crippen LogP contribution in [0.1, 0.15) is 48.9 Å². The Balaban J connectivity index is 2.13. The molecule has 0 atom stereocenters. The van der Waals surface area contributed by atoms with E-state index in [4.69, 9.17) is 0 Å². The second kappa shape index (κ2) is 6.31. The molecule has 1 aromatic heterocycles. The summed E-state index contributed by atoms with van der Waals surface area (Å²) in [5.74, 6) is -0.540. The maximum absolute atomic E-state index is 12.1. The molecule has 0 aliphatic heterocycles. The molecule has 0 radical (unpaired) electrons. The quantitative estimate of drug-likeness (QED) is 0.499. The Hall–Kier alpha value is -2.18. The molecule has 20 heavy (non-hydrogen) atoms. The lowest BCUT2D eigenvalue weighted by Crippen LogP contribution is -2.37. The first-order chi connectivity index (χ1) is 9.58. The fourth-order valence-corrected chi connectivity index (χ4v) is 2.43. The van der Waals surface area contributed by atoms with Gasteiger partial charge >= 0.3 is 0 Å². The van der Waals surface area contributed by atoms with E-state index in [1.54, 1.807) is 0 Å². The molecule has 0 aromatic carbocycles. The molecule has 7 heteroatoms. The van der Waals surface area contributed by atoms with E-state index in [1.807, 2.05) is 0 Å². The molecule has 0 bridgehead atoms. The largest absolute Gasteiger partial charge is 0.349 e. The van der Waals surface area contributed by atoms with Crippen molar-refractivity contribution in [2.75, 3.05) is 0 Å². The minimum atomic E-state index is -0.641. The molecule has 2 rings (SSSR count). The van der Waals surface area contributed by atoms with E-state index >= 15 is 0 Å². The normalized spacial score (nSPS) is 16.4. The summed E-state index contributed by atoms with van der Waals surface area (Å²) in [4.78, 5) is 35.9. The molecule has 1 fully saturated rings. The number of nitrogens with zero attached hydrogens (tertiary/aromatic N) is 1. The topological polar surface area (TPSA) is 105 Å². The summed E-state index contributed by atoms with van der Waals surface area (Å²) in [7, 11) is 0. The fourth-order valence-electron chi connectivity index (χ4n) is 2.43. The van der Waals surface area contributed by atoms with Crippen LogP contribution in [0.5, 0.6) is 0 Å². The lowest BCUT2D eigenvalue weighted by atomic mass is 10.1. The molecule has 0 saturated heterocycles. The highest BCUT2D eigenvalue weighted by atomic mass is 16.6. The zero-order valence-corrected chi connectivity index (χ0v) is 11.1. The number of amides is 1. The van der Waals surface area contributed by atoms with Crippen molar-refractivity contribution in [3.8, 4) is 0 Å². The monoisotopic (exact) mass is 279 g/mol. The van der Waals surface area contributed by atoms with E-state index in [2.05, 4.69) is 10.3 Å². The zero-order chi connectivity index (χ0) is 14.5. The number of rotatable bonds is 3. The molecular weight excluding hydrogens is 262 g/mol. The Labute approximate surface area is 115 Å². The summed E-state index contributed by atoms with van der Waals surface area (Å²) in [6.07, 6.45) is 7.18. The van der Waals surface area contributed by atoms with Crippen LogP contribution in [-0.2, 0) is 0 Å². The van der Waals surface area contributed by atoms with Crippen LogP contribution < -0.4 is 10.9 Å². The van der Waals surface area contributed by atoms with Crippen molar-refractivity contribution in [2.24, 2.45) is 0 Å². The predicted octanol–water partition coefficient (Wildman–Crippen LogP) is 1.74. The summed E-state index contributed by atoms with van der Waals surface area (Å²) < 4.78 is 0. The van der Waals surface area contributed by atoms with Crippen LogP contribution in [0.25, 0.3) is 0 Å². The maximum Gasteiger partial charge on any atom is 0.286 e. The third-order valence-electron chi connectivity index (χ3n) is 3.53. The molecule has 1 aromatic rings. The van der Waals surface area contributed by atoms with Gasteiger partial charge < -0.3 is 10.3 Å². The summed E-state index contributed by atoms with van der Waals surface area (Å²) in [5.41, 5.74) is -1.11. The van der Waals surface area contributed by atoms with Crippen LogP contribution in [-0.4, -0.2) is 21.9 Å². The van der Waals surface area contributed by atoms with Crippen molar-refractivity contribution >= 4 is 11.6 Å². The van der Waals surface area contributed by atoms with E-state index in [0.717, 1.165) is 50.8 Å². The van der Waals surface area contributed by atoms with Gasteiger partial charge in [-0.2, -0.15) is 0 Å². The lowest BCUT2D eigenvalue weighted by molar-refractivity contribution is -0.385. The van der Waals surface area contributed by atoms with Gasteiger partial charge in [-0.3, -0.25) is 19.7 Å². The standard InChI is InChI=1S/C13H17N3O4/c17-12-11(7-10(8-14-12)16(19)20)13(18)15-9-5-3-1-2-4-6-9/h7-9H,1-6H2,(H,14,17)(H,15,18). The minimum Gasteiger partial charge on any atom is -0.349 e. The minimum absolute atomic E-state index is 0.0451. The Morgan fingerprint density at radius 1 is 1.30 bits per heavy atom. The number of H-pyrrole nitrogens is 1. The average molecular weight is 279 g/mol. The average Bonchev–Trinajstić information content (AvgIpc) is 2.67. The molecule has 1 aliphatic rings. The summed E-state index contributed by atoms with van der Waals surface area (Å²) >= 11 is 0. The number of carbonyl (C=O) groups is 1. The van der Waals surface area contributed by atoms with Crippen molar-refractivity contribution in [1.29, 1.82) is 0 Å². The van der Waals surface area contributed by atoms with Crippen molar-refractivity contribution < 1.29 is 9.72 Å². The van der Waals surface area contributed by atoms with Crippen LogP contribution >= 0.6 is 0 Å². The molecule has 1 aliphatic carbocycles. The first kappa shape index (κ1) is 14.2. The lowest BCUT2D eigenvalue weighted by Gasteiger charge is -2.15. The highest BCUT2D eigenvalue weighted by Gasteiger charge is 2.20. The number of hydrogen-bond donors (Lipinski definition) is 2. The molecule has 1 amide bonds. The Kier molecular flexibility index (Phi) is 4.49. The molecule has 108 valence electrons. The number of pyridine rings is 1. The van der Waals surface area contributed by atoms with Gasteiger partial charge in [-0.25, -0.2) is 0 Å². The molecule has 1 heterocycles.